The quantitative estimate of drug-likeness (QED) is 0.889. The summed E-state index contributed by atoms with van der Waals surface area (Å²) in [5.74, 6) is 1.36. The molecule has 2 rings (SSSR count). The van der Waals surface area contributed by atoms with Crippen molar-refractivity contribution in [1.29, 1.82) is 0 Å². The van der Waals surface area contributed by atoms with E-state index >= 15 is 0 Å². The number of methoxy groups -OCH3 is 2. The standard InChI is InChI=1S/C17H20N2O3/c1-12-7-16(22-3)14(8-15(12)21-2)9-17(20)19-11-13-5-4-6-18-10-13/h4-8,10H,9,11H2,1-3H3,(H,19,20). The summed E-state index contributed by atoms with van der Waals surface area (Å²) in [6.07, 6.45) is 3.67. The minimum Gasteiger partial charge on any atom is -0.496 e. The van der Waals surface area contributed by atoms with Gasteiger partial charge in [-0.3, -0.25) is 9.78 Å². The topological polar surface area (TPSA) is 60.5 Å². The van der Waals surface area contributed by atoms with Crippen molar-refractivity contribution in [2.24, 2.45) is 0 Å². The van der Waals surface area contributed by atoms with Crippen molar-refractivity contribution >= 4 is 5.91 Å². The van der Waals surface area contributed by atoms with Gasteiger partial charge in [-0.25, -0.2) is 0 Å². The predicted molar refractivity (Wildman–Crippen MR) is 84.1 cm³/mol. The second-order valence-corrected chi connectivity index (χ2v) is 4.95. The van der Waals surface area contributed by atoms with E-state index in [0.29, 0.717) is 12.3 Å². The van der Waals surface area contributed by atoms with Gasteiger partial charge in [0, 0.05) is 24.5 Å². The van der Waals surface area contributed by atoms with Gasteiger partial charge in [-0.15, -0.1) is 0 Å². The number of carbonyl (C=O) groups is 1. The maximum atomic E-state index is 12.1. The number of hydrogen-bond donors (Lipinski definition) is 1. The van der Waals surface area contributed by atoms with Crippen molar-refractivity contribution in [2.45, 2.75) is 19.9 Å². The highest BCUT2D eigenvalue weighted by molar-refractivity contribution is 5.79. The van der Waals surface area contributed by atoms with Crippen LogP contribution in [-0.4, -0.2) is 25.1 Å². The lowest BCUT2D eigenvalue weighted by molar-refractivity contribution is -0.120. The fourth-order valence-electron chi connectivity index (χ4n) is 2.19. The molecule has 5 heteroatoms. The van der Waals surface area contributed by atoms with Crippen LogP contribution in [0.5, 0.6) is 11.5 Å². The molecule has 1 amide bonds. The van der Waals surface area contributed by atoms with Crippen molar-refractivity contribution in [2.75, 3.05) is 14.2 Å². The third kappa shape index (κ3) is 3.97. The molecule has 0 unspecified atom stereocenters. The number of hydrogen-bond acceptors (Lipinski definition) is 4. The molecule has 0 atom stereocenters. The molecule has 0 spiro atoms. The van der Waals surface area contributed by atoms with E-state index in [1.54, 1.807) is 26.6 Å². The van der Waals surface area contributed by atoms with Gasteiger partial charge in [-0.1, -0.05) is 6.07 Å². The Labute approximate surface area is 130 Å². The molecular weight excluding hydrogens is 280 g/mol. The molecule has 0 saturated heterocycles. The van der Waals surface area contributed by atoms with Gasteiger partial charge >= 0.3 is 0 Å². The fraction of sp³-hybridized carbons (Fsp3) is 0.294. The summed E-state index contributed by atoms with van der Waals surface area (Å²) < 4.78 is 10.6. The second-order valence-electron chi connectivity index (χ2n) is 4.95. The van der Waals surface area contributed by atoms with E-state index in [-0.39, 0.29) is 12.3 Å². The number of ether oxygens (including phenoxy) is 2. The number of carbonyl (C=O) groups excluding carboxylic acids is 1. The highest BCUT2D eigenvalue weighted by atomic mass is 16.5. The molecule has 1 heterocycles. The van der Waals surface area contributed by atoms with Gasteiger partial charge in [0.2, 0.25) is 5.91 Å². The third-order valence-corrected chi connectivity index (χ3v) is 3.36. The molecule has 1 aromatic carbocycles. The number of amides is 1. The number of aryl methyl sites for hydroxylation is 1. The van der Waals surface area contributed by atoms with Gasteiger partial charge in [-0.05, 0) is 36.2 Å². The lowest BCUT2D eigenvalue weighted by Gasteiger charge is -2.13. The Bertz CT molecular complexity index is 642. The normalized spacial score (nSPS) is 10.1. The molecule has 22 heavy (non-hydrogen) atoms. The number of nitrogens with one attached hydrogen (secondary N) is 1. The third-order valence-electron chi connectivity index (χ3n) is 3.36. The zero-order chi connectivity index (χ0) is 15.9. The maximum absolute atomic E-state index is 12.1. The Morgan fingerprint density at radius 1 is 1.23 bits per heavy atom. The van der Waals surface area contributed by atoms with Crippen LogP contribution in [0, 0.1) is 6.92 Å². The van der Waals surface area contributed by atoms with Crippen molar-refractivity contribution in [3.8, 4) is 11.5 Å². The van der Waals surface area contributed by atoms with Crippen molar-refractivity contribution in [3.05, 3.63) is 53.3 Å². The SMILES string of the molecule is COc1cc(CC(=O)NCc2cccnc2)c(OC)cc1C. The van der Waals surface area contributed by atoms with E-state index in [1.807, 2.05) is 31.2 Å². The lowest BCUT2D eigenvalue weighted by Crippen LogP contribution is -2.24. The van der Waals surface area contributed by atoms with Crippen LogP contribution in [0.2, 0.25) is 0 Å². The molecule has 116 valence electrons. The van der Waals surface area contributed by atoms with Crippen molar-refractivity contribution in [3.63, 3.8) is 0 Å². The zero-order valence-corrected chi connectivity index (χ0v) is 13.1. The summed E-state index contributed by atoms with van der Waals surface area (Å²) in [5.41, 5.74) is 2.73. The van der Waals surface area contributed by atoms with Gasteiger partial charge in [0.1, 0.15) is 11.5 Å². The molecular formula is C17H20N2O3. The van der Waals surface area contributed by atoms with Gasteiger partial charge in [-0.2, -0.15) is 0 Å². The van der Waals surface area contributed by atoms with Crippen LogP contribution in [0.25, 0.3) is 0 Å². The Kier molecular flexibility index (Phi) is 5.36. The minimum atomic E-state index is -0.0759. The Hall–Kier alpha value is -2.56. The molecule has 0 saturated carbocycles. The maximum Gasteiger partial charge on any atom is 0.224 e. The molecule has 1 N–H and O–H groups in total. The summed E-state index contributed by atoms with van der Waals surface area (Å²) >= 11 is 0. The summed E-state index contributed by atoms with van der Waals surface area (Å²) in [4.78, 5) is 16.1. The molecule has 1 aromatic heterocycles. The monoisotopic (exact) mass is 300 g/mol. The predicted octanol–water partition coefficient (Wildman–Crippen LogP) is 2.27. The van der Waals surface area contributed by atoms with Crippen molar-refractivity contribution in [1.82, 2.24) is 10.3 Å². The first-order valence-electron chi connectivity index (χ1n) is 7.01. The number of aromatic nitrogens is 1. The minimum absolute atomic E-state index is 0.0759. The van der Waals surface area contributed by atoms with Crippen LogP contribution >= 0.6 is 0 Å². The Morgan fingerprint density at radius 3 is 2.64 bits per heavy atom. The van der Waals surface area contributed by atoms with E-state index in [9.17, 15) is 4.79 Å². The van der Waals surface area contributed by atoms with Crippen LogP contribution < -0.4 is 14.8 Å². The Balaban J connectivity index is 2.04. The van der Waals surface area contributed by atoms with Crippen molar-refractivity contribution < 1.29 is 14.3 Å². The summed E-state index contributed by atoms with van der Waals surface area (Å²) in [5, 5.41) is 2.88. The van der Waals surface area contributed by atoms with E-state index in [0.717, 1.165) is 22.4 Å². The van der Waals surface area contributed by atoms with Crippen LogP contribution in [0.1, 0.15) is 16.7 Å². The molecule has 2 aromatic rings. The number of rotatable bonds is 6. The van der Waals surface area contributed by atoms with E-state index in [2.05, 4.69) is 10.3 Å². The van der Waals surface area contributed by atoms with Gasteiger partial charge < -0.3 is 14.8 Å². The van der Waals surface area contributed by atoms with Crippen LogP contribution in [0.15, 0.2) is 36.7 Å². The average molecular weight is 300 g/mol. The molecule has 0 radical (unpaired) electrons. The van der Waals surface area contributed by atoms with Gasteiger partial charge in [0.25, 0.3) is 0 Å². The lowest BCUT2D eigenvalue weighted by atomic mass is 10.1. The molecule has 0 bridgehead atoms. The van der Waals surface area contributed by atoms with Gasteiger partial charge in [0.15, 0.2) is 0 Å². The first-order chi connectivity index (χ1) is 10.6. The Morgan fingerprint density at radius 2 is 2.00 bits per heavy atom. The molecule has 0 aliphatic heterocycles. The molecule has 0 aliphatic carbocycles. The largest absolute Gasteiger partial charge is 0.496 e. The van der Waals surface area contributed by atoms with Crippen LogP contribution in [0.3, 0.4) is 0 Å². The zero-order valence-electron chi connectivity index (χ0n) is 13.1. The smallest absolute Gasteiger partial charge is 0.224 e. The van der Waals surface area contributed by atoms with Crippen LogP contribution in [0.4, 0.5) is 0 Å². The summed E-state index contributed by atoms with van der Waals surface area (Å²) in [7, 11) is 3.21. The average Bonchev–Trinajstić information content (AvgIpc) is 2.55. The molecule has 0 fully saturated rings. The van der Waals surface area contributed by atoms with E-state index in [1.165, 1.54) is 0 Å². The van der Waals surface area contributed by atoms with Gasteiger partial charge in [0.05, 0.1) is 20.6 Å². The molecule has 5 nitrogen and oxygen atoms in total. The fourth-order valence-corrected chi connectivity index (χ4v) is 2.19. The first kappa shape index (κ1) is 15.8. The second kappa shape index (κ2) is 7.45. The van der Waals surface area contributed by atoms with E-state index in [4.69, 9.17) is 9.47 Å². The highest BCUT2D eigenvalue weighted by Gasteiger charge is 2.12. The highest BCUT2D eigenvalue weighted by Crippen LogP contribution is 2.28. The number of benzene rings is 1. The van der Waals surface area contributed by atoms with E-state index < -0.39 is 0 Å². The summed E-state index contributed by atoms with van der Waals surface area (Å²) in [6.45, 7) is 2.39. The molecule has 0 aliphatic rings. The summed E-state index contributed by atoms with van der Waals surface area (Å²) in [6, 6.07) is 7.48. The number of nitrogens with zero attached hydrogens (tertiary/aromatic N) is 1. The van der Waals surface area contributed by atoms with Crippen LogP contribution in [-0.2, 0) is 17.8 Å². The first-order valence-corrected chi connectivity index (χ1v) is 7.01. The number of pyridine rings is 1.